The van der Waals surface area contributed by atoms with E-state index in [1.54, 1.807) is 30.2 Å². The topological polar surface area (TPSA) is 45.7 Å². The summed E-state index contributed by atoms with van der Waals surface area (Å²) < 4.78 is 6.34. The zero-order valence-electron chi connectivity index (χ0n) is 19.4. The van der Waals surface area contributed by atoms with E-state index in [0.717, 1.165) is 39.8 Å². The Morgan fingerprint density at radius 3 is 2.44 bits per heavy atom. The van der Waals surface area contributed by atoms with Gasteiger partial charge in [-0.05, 0) is 87.6 Å². The number of likely N-dealkylation sites (N-methyl/N-ethyl adjacent to an activating group) is 1. The van der Waals surface area contributed by atoms with Gasteiger partial charge in [-0.3, -0.25) is 9.69 Å². The molecule has 1 aromatic heterocycles. The van der Waals surface area contributed by atoms with Gasteiger partial charge in [0, 0.05) is 24.4 Å². The third-order valence-corrected chi connectivity index (χ3v) is 7.30. The van der Waals surface area contributed by atoms with Crippen LogP contribution in [0.2, 0.25) is 0 Å². The maximum absolute atomic E-state index is 13.1. The summed E-state index contributed by atoms with van der Waals surface area (Å²) in [6.07, 6.45) is 1.35. The zero-order valence-corrected chi connectivity index (χ0v) is 21.8. The quantitative estimate of drug-likeness (QED) is 0.263. The first-order chi connectivity index (χ1) is 14.9. The highest BCUT2D eigenvalue weighted by Gasteiger charge is 2.20. The Morgan fingerprint density at radius 1 is 1.09 bits per heavy atom. The average Bonchev–Trinajstić information content (AvgIpc) is 3.14. The number of ether oxygens (including phenoxy) is 1. The van der Waals surface area contributed by atoms with Gasteiger partial charge in [-0.15, -0.1) is 24.2 Å². The van der Waals surface area contributed by atoms with Gasteiger partial charge in [-0.1, -0.05) is 11.3 Å². The van der Waals surface area contributed by atoms with Gasteiger partial charge in [-0.2, -0.15) is 0 Å². The van der Waals surface area contributed by atoms with E-state index in [2.05, 4.69) is 43.0 Å². The second-order valence-corrected chi connectivity index (χ2v) is 10.1. The molecule has 0 aliphatic heterocycles. The summed E-state index contributed by atoms with van der Waals surface area (Å²) in [5.74, 6) is 1.90. The first-order valence-electron chi connectivity index (χ1n) is 10.5. The SMILES string of the molecule is COc1ccc(SCCCC(=O)N(CCN(C)C)c2nc3cc(C)c(C)cc3s2)cc1.Cl. The van der Waals surface area contributed by atoms with Gasteiger partial charge in [0.1, 0.15) is 5.75 Å². The van der Waals surface area contributed by atoms with Crippen molar-refractivity contribution in [3.05, 3.63) is 47.5 Å². The van der Waals surface area contributed by atoms with Crippen LogP contribution in [0.3, 0.4) is 0 Å². The van der Waals surface area contributed by atoms with Crippen molar-refractivity contribution in [1.29, 1.82) is 0 Å². The van der Waals surface area contributed by atoms with Crippen LogP contribution in [0, 0.1) is 13.8 Å². The molecule has 0 unspecified atom stereocenters. The first-order valence-corrected chi connectivity index (χ1v) is 12.3. The number of anilines is 1. The van der Waals surface area contributed by atoms with E-state index in [9.17, 15) is 4.79 Å². The van der Waals surface area contributed by atoms with Crippen molar-refractivity contribution in [3.63, 3.8) is 0 Å². The van der Waals surface area contributed by atoms with Gasteiger partial charge in [0.15, 0.2) is 5.13 Å². The number of fused-ring (bicyclic) bond motifs is 1. The van der Waals surface area contributed by atoms with E-state index in [4.69, 9.17) is 9.72 Å². The van der Waals surface area contributed by atoms with Gasteiger partial charge in [0.05, 0.1) is 17.3 Å². The first kappa shape index (κ1) is 26.5. The van der Waals surface area contributed by atoms with Crippen molar-refractivity contribution >= 4 is 56.8 Å². The van der Waals surface area contributed by atoms with Crippen LogP contribution < -0.4 is 9.64 Å². The Bertz CT molecular complexity index is 983. The highest BCUT2D eigenvalue weighted by molar-refractivity contribution is 7.99. The van der Waals surface area contributed by atoms with Gasteiger partial charge < -0.3 is 9.64 Å². The fraction of sp³-hybridized carbons (Fsp3) is 0.417. The molecular formula is C24H32ClN3O2S2. The lowest BCUT2D eigenvalue weighted by atomic mass is 10.1. The van der Waals surface area contributed by atoms with Crippen LogP contribution in [0.25, 0.3) is 10.2 Å². The van der Waals surface area contributed by atoms with Crippen molar-refractivity contribution in [2.45, 2.75) is 31.6 Å². The highest BCUT2D eigenvalue weighted by atomic mass is 35.5. The van der Waals surface area contributed by atoms with Gasteiger partial charge in [-0.25, -0.2) is 4.98 Å². The van der Waals surface area contributed by atoms with Crippen molar-refractivity contribution < 1.29 is 9.53 Å². The molecule has 174 valence electrons. The molecule has 0 radical (unpaired) electrons. The number of carbonyl (C=O) groups excluding carboxylic acids is 1. The maximum Gasteiger partial charge on any atom is 0.228 e. The summed E-state index contributed by atoms with van der Waals surface area (Å²) in [6.45, 7) is 5.67. The molecule has 0 fully saturated rings. The van der Waals surface area contributed by atoms with E-state index in [0.29, 0.717) is 13.0 Å². The number of aryl methyl sites for hydroxylation is 2. The highest BCUT2D eigenvalue weighted by Crippen LogP contribution is 2.31. The number of carbonyl (C=O) groups is 1. The summed E-state index contributed by atoms with van der Waals surface area (Å²) >= 11 is 3.37. The number of rotatable bonds is 10. The van der Waals surface area contributed by atoms with Crippen LogP contribution in [0.5, 0.6) is 5.75 Å². The number of thioether (sulfide) groups is 1. The minimum Gasteiger partial charge on any atom is -0.497 e. The van der Waals surface area contributed by atoms with Crippen LogP contribution in [0.4, 0.5) is 5.13 Å². The molecule has 0 atom stereocenters. The number of aromatic nitrogens is 1. The molecule has 32 heavy (non-hydrogen) atoms. The molecule has 0 saturated heterocycles. The Kier molecular flexibility index (Phi) is 10.3. The standard InChI is InChI=1S/C24H31N3O2S2.ClH/c1-17-15-21-22(16-18(17)2)31-24(25-21)27(13-12-26(3)4)23(28)7-6-14-30-20-10-8-19(29-5)9-11-20;/h8-11,15-16H,6-7,12-14H2,1-5H3;1H. The molecule has 0 N–H and O–H groups in total. The molecule has 0 spiro atoms. The summed E-state index contributed by atoms with van der Waals surface area (Å²) in [7, 11) is 5.72. The van der Waals surface area contributed by atoms with Crippen LogP contribution in [-0.2, 0) is 4.79 Å². The van der Waals surface area contributed by atoms with Gasteiger partial charge in [0.2, 0.25) is 5.91 Å². The average molecular weight is 494 g/mol. The third kappa shape index (κ3) is 7.10. The lowest BCUT2D eigenvalue weighted by Gasteiger charge is -2.22. The van der Waals surface area contributed by atoms with Crippen LogP contribution >= 0.6 is 35.5 Å². The van der Waals surface area contributed by atoms with Crippen LogP contribution in [0.1, 0.15) is 24.0 Å². The molecule has 0 aliphatic carbocycles. The molecule has 2 aromatic carbocycles. The van der Waals surface area contributed by atoms with Crippen molar-refractivity contribution in [2.75, 3.05) is 44.9 Å². The lowest BCUT2D eigenvalue weighted by molar-refractivity contribution is -0.118. The second kappa shape index (κ2) is 12.4. The largest absolute Gasteiger partial charge is 0.497 e. The molecule has 1 amide bonds. The number of hydrogen-bond donors (Lipinski definition) is 0. The van der Waals surface area contributed by atoms with E-state index in [1.807, 2.05) is 31.1 Å². The van der Waals surface area contributed by atoms with Crippen molar-refractivity contribution in [3.8, 4) is 5.75 Å². The summed E-state index contributed by atoms with van der Waals surface area (Å²) in [4.78, 5) is 23.1. The molecule has 3 aromatic rings. The summed E-state index contributed by atoms with van der Waals surface area (Å²) in [5, 5.41) is 0.801. The fourth-order valence-electron chi connectivity index (χ4n) is 3.13. The molecule has 5 nitrogen and oxygen atoms in total. The number of methoxy groups -OCH3 is 1. The number of thiazole rings is 1. The predicted octanol–water partition coefficient (Wildman–Crippen LogP) is 5.81. The molecule has 3 rings (SSSR count). The molecule has 0 saturated carbocycles. The zero-order chi connectivity index (χ0) is 22.4. The van der Waals surface area contributed by atoms with E-state index in [-0.39, 0.29) is 18.3 Å². The normalized spacial score (nSPS) is 10.9. The minimum absolute atomic E-state index is 0. The molecule has 8 heteroatoms. The number of benzene rings is 2. The van der Waals surface area contributed by atoms with E-state index >= 15 is 0 Å². The summed E-state index contributed by atoms with van der Waals surface area (Å²) in [6, 6.07) is 12.3. The third-order valence-electron chi connectivity index (χ3n) is 5.16. The predicted molar refractivity (Wildman–Crippen MR) is 140 cm³/mol. The number of halogens is 1. The van der Waals surface area contributed by atoms with Gasteiger partial charge in [0.25, 0.3) is 0 Å². The van der Waals surface area contributed by atoms with Crippen molar-refractivity contribution in [1.82, 2.24) is 9.88 Å². The lowest BCUT2D eigenvalue weighted by Crippen LogP contribution is -2.36. The van der Waals surface area contributed by atoms with Crippen LogP contribution in [-0.4, -0.2) is 55.8 Å². The Labute approximate surface area is 205 Å². The molecule has 0 bridgehead atoms. The number of nitrogens with zero attached hydrogens (tertiary/aromatic N) is 3. The Balaban J connectivity index is 0.00000363. The molecule has 1 heterocycles. The summed E-state index contributed by atoms with van der Waals surface area (Å²) in [5.41, 5.74) is 3.45. The fourth-order valence-corrected chi connectivity index (χ4v) is 5.07. The maximum atomic E-state index is 13.1. The molecule has 0 aliphatic rings. The van der Waals surface area contributed by atoms with Gasteiger partial charge >= 0.3 is 0 Å². The number of amides is 1. The van der Waals surface area contributed by atoms with E-state index < -0.39 is 0 Å². The van der Waals surface area contributed by atoms with Crippen molar-refractivity contribution in [2.24, 2.45) is 0 Å². The Morgan fingerprint density at radius 2 is 1.78 bits per heavy atom. The van der Waals surface area contributed by atoms with Crippen LogP contribution in [0.15, 0.2) is 41.3 Å². The number of hydrogen-bond acceptors (Lipinski definition) is 6. The monoisotopic (exact) mass is 493 g/mol. The second-order valence-electron chi connectivity index (χ2n) is 7.88. The minimum atomic E-state index is 0. The van der Waals surface area contributed by atoms with E-state index in [1.165, 1.54) is 16.0 Å². The Hall–Kier alpha value is -1.80. The smallest absolute Gasteiger partial charge is 0.228 e. The molecular weight excluding hydrogens is 462 g/mol.